The molecule has 0 amide bonds. The Hall–Kier alpha value is -1.30. The molecule has 6 aliphatic rings. The molecule has 0 heteroatoms. The topological polar surface area (TPSA) is 0 Å². The molecular formula is C22H22. The zero-order chi connectivity index (χ0) is 14.4. The average Bonchev–Trinajstić information content (AvgIpc) is 3.37. The normalized spacial score (nSPS) is 40.8. The summed E-state index contributed by atoms with van der Waals surface area (Å²) in [6, 6.07) is 0. The SMILES string of the molecule is Cc1c2c(c(C)c3c1[C@H]1C=C[C@H]3C13CC3)[C@H]1C=C[C@H]2C12CC2. The summed E-state index contributed by atoms with van der Waals surface area (Å²) in [5, 5.41) is 0. The van der Waals surface area contributed by atoms with Crippen molar-refractivity contribution < 1.29 is 0 Å². The molecule has 0 heterocycles. The van der Waals surface area contributed by atoms with E-state index in [4.69, 9.17) is 0 Å². The first kappa shape index (κ1) is 11.3. The Balaban J connectivity index is 1.59. The van der Waals surface area contributed by atoms with Gasteiger partial charge in [0.25, 0.3) is 0 Å². The van der Waals surface area contributed by atoms with E-state index < -0.39 is 0 Å². The molecule has 7 rings (SSSR count). The average molecular weight is 286 g/mol. The summed E-state index contributed by atoms with van der Waals surface area (Å²) in [5.74, 6) is 3.04. The minimum absolute atomic E-state index is 0.636. The second-order valence-electron chi connectivity index (χ2n) is 9.05. The van der Waals surface area contributed by atoms with Gasteiger partial charge in [0.1, 0.15) is 0 Å². The van der Waals surface area contributed by atoms with Crippen molar-refractivity contribution in [1.29, 1.82) is 0 Å². The van der Waals surface area contributed by atoms with Crippen LogP contribution in [0.5, 0.6) is 0 Å². The Bertz CT molecular complexity index is 713. The number of benzene rings is 1. The lowest BCUT2D eigenvalue weighted by Gasteiger charge is -2.25. The molecule has 2 saturated carbocycles. The van der Waals surface area contributed by atoms with E-state index in [0.717, 1.165) is 23.7 Å². The molecule has 22 heavy (non-hydrogen) atoms. The zero-order valence-corrected chi connectivity index (χ0v) is 13.4. The summed E-state index contributed by atoms with van der Waals surface area (Å²) >= 11 is 0. The molecule has 0 N–H and O–H groups in total. The minimum atomic E-state index is 0.636. The third-order valence-electron chi connectivity index (χ3n) is 8.56. The van der Waals surface area contributed by atoms with E-state index in [-0.39, 0.29) is 0 Å². The molecule has 2 spiro atoms. The first-order valence-corrected chi connectivity index (χ1v) is 9.22. The van der Waals surface area contributed by atoms with Crippen molar-refractivity contribution in [2.45, 2.75) is 63.2 Å². The van der Waals surface area contributed by atoms with Gasteiger partial charge < -0.3 is 0 Å². The van der Waals surface area contributed by atoms with Gasteiger partial charge in [-0.05, 0) is 83.7 Å². The van der Waals surface area contributed by atoms with Gasteiger partial charge in [0.05, 0.1) is 0 Å². The molecule has 0 nitrogen and oxygen atoms in total. The third kappa shape index (κ3) is 0.857. The highest BCUT2D eigenvalue weighted by Crippen LogP contribution is 2.78. The van der Waals surface area contributed by atoms with E-state index in [9.17, 15) is 0 Å². The first-order valence-electron chi connectivity index (χ1n) is 9.22. The van der Waals surface area contributed by atoms with Crippen LogP contribution in [0.15, 0.2) is 24.3 Å². The summed E-state index contributed by atoms with van der Waals surface area (Å²) in [5.41, 5.74) is 11.8. The smallest absolute Gasteiger partial charge is 0.00893 e. The largest absolute Gasteiger partial charge is 0.0798 e. The van der Waals surface area contributed by atoms with Crippen LogP contribution in [0.25, 0.3) is 0 Å². The second-order valence-corrected chi connectivity index (χ2v) is 9.05. The van der Waals surface area contributed by atoms with Gasteiger partial charge in [-0.1, -0.05) is 24.3 Å². The molecule has 4 bridgehead atoms. The molecule has 0 saturated heterocycles. The van der Waals surface area contributed by atoms with Crippen LogP contribution in [0.2, 0.25) is 0 Å². The zero-order valence-electron chi connectivity index (χ0n) is 13.4. The van der Waals surface area contributed by atoms with Crippen molar-refractivity contribution in [1.82, 2.24) is 0 Å². The van der Waals surface area contributed by atoms with Crippen LogP contribution in [0, 0.1) is 24.7 Å². The fourth-order valence-corrected chi connectivity index (χ4v) is 7.37. The standard InChI is InChI=1S/C22H22/c1-11-17-13-3-5-15(21(13)7-8-21)19(17)12(2)20-16-6-4-14(18(11)20)22(16)9-10-22/h3-6,13-16H,7-10H2,1-2H3/t13-,14-,15-,16-/m1/s1. The molecule has 4 atom stereocenters. The molecular weight excluding hydrogens is 264 g/mol. The first-order chi connectivity index (χ1) is 10.7. The van der Waals surface area contributed by atoms with Gasteiger partial charge in [-0.3, -0.25) is 0 Å². The lowest BCUT2D eigenvalue weighted by atomic mass is 9.80. The van der Waals surface area contributed by atoms with E-state index in [1.165, 1.54) is 25.7 Å². The maximum Gasteiger partial charge on any atom is 0.00893 e. The molecule has 1 aromatic rings. The summed E-state index contributed by atoms with van der Waals surface area (Å²) in [4.78, 5) is 0. The lowest BCUT2D eigenvalue weighted by Crippen LogP contribution is -2.08. The van der Waals surface area contributed by atoms with Crippen molar-refractivity contribution >= 4 is 0 Å². The maximum absolute atomic E-state index is 2.56. The number of rotatable bonds is 0. The number of hydrogen-bond donors (Lipinski definition) is 0. The van der Waals surface area contributed by atoms with Crippen molar-refractivity contribution in [3.8, 4) is 0 Å². The summed E-state index contributed by atoms with van der Waals surface area (Å²) < 4.78 is 0. The molecule has 110 valence electrons. The third-order valence-corrected chi connectivity index (χ3v) is 8.56. The quantitative estimate of drug-likeness (QED) is 0.563. The van der Waals surface area contributed by atoms with E-state index in [0.29, 0.717) is 10.8 Å². The van der Waals surface area contributed by atoms with Crippen LogP contribution in [0.1, 0.15) is 82.7 Å². The fourth-order valence-electron chi connectivity index (χ4n) is 7.37. The predicted molar refractivity (Wildman–Crippen MR) is 88.5 cm³/mol. The Morgan fingerprint density at radius 1 is 0.591 bits per heavy atom. The predicted octanol–water partition coefficient (Wildman–Crippen LogP) is 5.37. The van der Waals surface area contributed by atoms with Gasteiger partial charge in [0, 0.05) is 23.7 Å². The van der Waals surface area contributed by atoms with Gasteiger partial charge in [-0.25, -0.2) is 0 Å². The van der Waals surface area contributed by atoms with E-state index in [1.54, 1.807) is 33.4 Å². The number of fused-ring (bicyclic) bond motifs is 6. The highest BCUT2D eigenvalue weighted by Gasteiger charge is 2.66. The number of hydrogen-bond acceptors (Lipinski definition) is 0. The van der Waals surface area contributed by atoms with Gasteiger partial charge in [0.2, 0.25) is 0 Å². The summed E-state index contributed by atoms with van der Waals surface area (Å²) in [7, 11) is 0. The molecule has 0 unspecified atom stereocenters. The van der Waals surface area contributed by atoms with Crippen molar-refractivity contribution in [2.75, 3.05) is 0 Å². The van der Waals surface area contributed by atoms with Crippen LogP contribution in [0.3, 0.4) is 0 Å². The molecule has 0 radical (unpaired) electrons. The van der Waals surface area contributed by atoms with Gasteiger partial charge in [-0.15, -0.1) is 0 Å². The molecule has 2 fully saturated rings. The van der Waals surface area contributed by atoms with Gasteiger partial charge in [0.15, 0.2) is 0 Å². The molecule has 1 aromatic carbocycles. The summed E-state index contributed by atoms with van der Waals surface area (Å²) in [6.07, 6.45) is 16.1. The van der Waals surface area contributed by atoms with Crippen molar-refractivity contribution in [3.63, 3.8) is 0 Å². The Labute approximate surface area is 132 Å². The van der Waals surface area contributed by atoms with Crippen LogP contribution >= 0.6 is 0 Å². The Morgan fingerprint density at radius 2 is 0.864 bits per heavy atom. The lowest BCUT2D eigenvalue weighted by molar-refractivity contribution is 0.475. The minimum Gasteiger partial charge on any atom is -0.0798 e. The molecule has 0 aliphatic heterocycles. The van der Waals surface area contributed by atoms with Crippen molar-refractivity contribution in [2.24, 2.45) is 10.8 Å². The van der Waals surface area contributed by atoms with Gasteiger partial charge >= 0.3 is 0 Å². The van der Waals surface area contributed by atoms with Crippen LogP contribution in [0.4, 0.5) is 0 Å². The highest BCUT2D eigenvalue weighted by atomic mass is 14.7. The van der Waals surface area contributed by atoms with Crippen LogP contribution < -0.4 is 0 Å². The van der Waals surface area contributed by atoms with E-state index in [1.807, 2.05) is 0 Å². The Morgan fingerprint density at radius 3 is 1.09 bits per heavy atom. The number of allylic oxidation sites excluding steroid dienone is 4. The maximum atomic E-state index is 2.56. The molecule has 0 aromatic heterocycles. The fraction of sp³-hybridized carbons (Fsp3) is 0.545. The highest BCUT2D eigenvalue weighted by molar-refractivity contribution is 5.70. The second kappa shape index (κ2) is 2.90. The summed E-state index contributed by atoms with van der Waals surface area (Å²) in [6.45, 7) is 4.93. The van der Waals surface area contributed by atoms with Gasteiger partial charge in [-0.2, -0.15) is 0 Å². The van der Waals surface area contributed by atoms with Crippen LogP contribution in [-0.4, -0.2) is 0 Å². The Kier molecular flexibility index (Phi) is 1.49. The van der Waals surface area contributed by atoms with Crippen LogP contribution in [-0.2, 0) is 0 Å². The molecule has 6 aliphatic carbocycles. The van der Waals surface area contributed by atoms with E-state index >= 15 is 0 Å². The monoisotopic (exact) mass is 286 g/mol. The van der Waals surface area contributed by atoms with Crippen molar-refractivity contribution in [3.05, 3.63) is 57.7 Å². The van der Waals surface area contributed by atoms with E-state index in [2.05, 4.69) is 38.2 Å².